The predicted octanol–water partition coefficient (Wildman–Crippen LogP) is 5.14. The van der Waals surface area contributed by atoms with E-state index in [-0.39, 0.29) is 5.41 Å². The molecule has 0 saturated heterocycles. The molecule has 4 rings (SSSR count). The lowest BCUT2D eigenvalue weighted by Crippen LogP contribution is -2.57. The largest absolute Gasteiger partial charge is 0.489 e. The summed E-state index contributed by atoms with van der Waals surface area (Å²) in [6, 6.07) is 16.9. The van der Waals surface area contributed by atoms with Crippen LogP contribution >= 0.6 is 0 Å². The van der Waals surface area contributed by atoms with Crippen molar-refractivity contribution in [1.82, 2.24) is 5.32 Å². The van der Waals surface area contributed by atoms with Gasteiger partial charge in [0.05, 0.1) is 5.60 Å². The van der Waals surface area contributed by atoms with E-state index in [4.69, 9.17) is 4.74 Å². The van der Waals surface area contributed by atoms with Gasteiger partial charge in [-0.1, -0.05) is 56.2 Å². The number of benzene rings is 2. The second kappa shape index (κ2) is 8.89. The van der Waals surface area contributed by atoms with Gasteiger partial charge in [0, 0.05) is 5.41 Å². The first-order valence-electron chi connectivity index (χ1n) is 11.4. The van der Waals surface area contributed by atoms with Crippen LogP contribution in [0, 0.1) is 0 Å². The van der Waals surface area contributed by atoms with Crippen molar-refractivity contribution in [2.75, 3.05) is 13.1 Å². The lowest BCUT2D eigenvalue weighted by atomic mass is 9.53. The van der Waals surface area contributed by atoms with Crippen molar-refractivity contribution >= 4 is 0 Å². The molecule has 2 N–H and O–H groups in total. The summed E-state index contributed by atoms with van der Waals surface area (Å²) < 4.78 is 6.16. The highest BCUT2D eigenvalue weighted by Gasteiger charge is 2.54. The lowest BCUT2D eigenvalue weighted by Gasteiger charge is -2.55. The molecule has 2 atom stereocenters. The van der Waals surface area contributed by atoms with E-state index in [1.807, 2.05) is 18.2 Å². The Labute approximate surface area is 175 Å². The van der Waals surface area contributed by atoms with Gasteiger partial charge in [-0.05, 0) is 80.4 Å². The molecular weight excluding hydrogens is 358 g/mol. The highest BCUT2D eigenvalue weighted by molar-refractivity contribution is 5.46. The first-order chi connectivity index (χ1) is 14.2. The van der Waals surface area contributed by atoms with E-state index in [0.29, 0.717) is 6.61 Å². The van der Waals surface area contributed by atoms with Gasteiger partial charge >= 0.3 is 0 Å². The zero-order chi connectivity index (χ0) is 20.2. The van der Waals surface area contributed by atoms with Crippen LogP contribution in [0.3, 0.4) is 0 Å². The summed E-state index contributed by atoms with van der Waals surface area (Å²) in [5.41, 5.74) is 3.20. The van der Waals surface area contributed by atoms with Crippen LogP contribution in [0.5, 0.6) is 5.75 Å². The Morgan fingerprint density at radius 1 is 1.00 bits per heavy atom. The average Bonchev–Trinajstić information content (AvgIpc) is 2.76. The Balaban J connectivity index is 1.61. The van der Waals surface area contributed by atoms with Crippen molar-refractivity contribution in [3.63, 3.8) is 0 Å². The summed E-state index contributed by atoms with van der Waals surface area (Å²) in [5.74, 6) is 0.920. The topological polar surface area (TPSA) is 41.5 Å². The van der Waals surface area contributed by atoms with Crippen molar-refractivity contribution in [2.45, 2.75) is 75.9 Å². The molecule has 0 amide bonds. The van der Waals surface area contributed by atoms with E-state index in [0.717, 1.165) is 63.8 Å². The maximum atomic E-state index is 11.8. The van der Waals surface area contributed by atoms with Gasteiger partial charge in [-0.3, -0.25) is 0 Å². The normalized spacial score (nSPS) is 25.9. The Morgan fingerprint density at radius 2 is 1.83 bits per heavy atom. The van der Waals surface area contributed by atoms with Crippen molar-refractivity contribution < 1.29 is 9.84 Å². The van der Waals surface area contributed by atoms with E-state index in [9.17, 15) is 5.11 Å². The molecule has 3 nitrogen and oxygen atoms in total. The summed E-state index contributed by atoms with van der Waals surface area (Å²) in [6.45, 7) is 4.79. The number of fused-ring (bicyclic) bond motifs is 3. The van der Waals surface area contributed by atoms with Crippen LogP contribution < -0.4 is 10.1 Å². The van der Waals surface area contributed by atoms with Gasteiger partial charge in [0.1, 0.15) is 12.4 Å². The third kappa shape index (κ3) is 4.08. The zero-order valence-corrected chi connectivity index (χ0v) is 17.8. The van der Waals surface area contributed by atoms with E-state index in [2.05, 4.69) is 42.6 Å². The summed E-state index contributed by atoms with van der Waals surface area (Å²) >= 11 is 0. The Morgan fingerprint density at radius 3 is 2.66 bits per heavy atom. The molecule has 0 radical (unpaired) electrons. The van der Waals surface area contributed by atoms with Crippen LogP contribution in [-0.2, 0) is 18.4 Å². The monoisotopic (exact) mass is 393 g/mol. The second-order valence-electron chi connectivity index (χ2n) is 8.91. The van der Waals surface area contributed by atoms with Crippen LogP contribution in [0.1, 0.15) is 68.6 Å². The maximum absolute atomic E-state index is 11.8. The van der Waals surface area contributed by atoms with Gasteiger partial charge in [0.25, 0.3) is 0 Å². The lowest BCUT2D eigenvalue weighted by molar-refractivity contribution is -0.0869. The minimum Gasteiger partial charge on any atom is -0.489 e. The molecule has 2 aliphatic rings. The Bertz CT molecular complexity index is 806. The van der Waals surface area contributed by atoms with Crippen LogP contribution in [0.25, 0.3) is 0 Å². The van der Waals surface area contributed by atoms with Crippen molar-refractivity contribution in [2.24, 2.45) is 0 Å². The molecule has 0 aliphatic heterocycles. The first-order valence-corrected chi connectivity index (χ1v) is 11.4. The number of aryl methyl sites for hydroxylation is 1. The summed E-state index contributed by atoms with van der Waals surface area (Å²) in [7, 11) is 0. The SMILES string of the molecule is CCCNCC[C@]12CCCC[C@@]1(O)CCc1ccc(OCc3ccccc3)cc12. The molecule has 2 aliphatic carbocycles. The number of rotatable bonds is 8. The summed E-state index contributed by atoms with van der Waals surface area (Å²) in [6.07, 6.45) is 8.34. The van der Waals surface area contributed by atoms with Crippen LogP contribution in [0.15, 0.2) is 48.5 Å². The number of hydrogen-bond acceptors (Lipinski definition) is 3. The molecule has 156 valence electrons. The maximum Gasteiger partial charge on any atom is 0.120 e. The quantitative estimate of drug-likeness (QED) is 0.610. The second-order valence-corrected chi connectivity index (χ2v) is 8.91. The third-order valence-corrected chi connectivity index (χ3v) is 7.14. The fourth-order valence-electron chi connectivity index (χ4n) is 5.55. The van der Waals surface area contributed by atoms with Gasteiger partial charge in [-0.25, -0.2) is 0 Å². The molecule has 0 unspecified atom stereocenters. The number of hydrogen-bond donors (Lipinski definition) is 2. The number of aliphatic hydroxyl groups is 1. The fraction of sp³-hybridized carbons (Fsp3) is 0.538. The van der Waals surface area contributed by atoms with Crippen LogP contribution in [-0.4, -0.2) is 23.8 Å². The molecule has 0 heterocycles. The van der Waals surface area contributed by atoms with Gasteiger partial charge in [0.15, 0.2) is 0 Å². The van der Waals surface area contributed by atoms with Gasteiger partial charge < -0.3 is 15.2 Å². The van der Waals surface area contributed by atoms with Crippen molar-refractivity contribution in [3.8, 4) is 5.75 Å². The minimum absolute atomic E-state index is 0.147. The third-order valence-electron chi connectivity index (χ3n) is 7.14. The van der Waals surface area contributed by atoms with Crippen molar-refractivity contribution in [3.05, 3.63) is 65.2 Å². The minimum atomic E-state index is -0.579. The molecule has 2 aromatic carbocycles. The molecule has 0 aromatic heterocycles. The van der Waals surface area contributed by atoms with E-state index < -0.39 is 5.60 Å². The number of ether oxygens (including phenoxy) is 1. The predicted molar refractivity (Wildman–Crippen MR) is 118 cm³/mol. The highest BCUT2D eigenvalue weighted by Crippen LogP contribution is 2.55. The molecular formula is C26H35NO2. The van der Waals surface area contributed by atoms with Gasteiger partial charge in [0.2, 0.25) is 0 Å². The average molecular weight is 394 g/mol. The summed E-state index contributed by atoms with van der Waals surface area (Å²) in [5, 5.41) is 15.4. The zero-order valence-electron chi connectivity index (χ0n) is 17.8. The molecule has 1 fully saturated rings. The number of nitrogens with one attached hydrogen (secondary N) is 1. The van der Waals surface area contributed by atoms with Gasteiger partial charge in [-0.15, -0.1) is 0 Å². The van der Waals surface area contributed by atoms with Crippen LogP contribution in [0.2, 0.25) is 0 Å². The smallest absolute Gasteiger partial charge is 0.120 e. The van der Waals surface area contributed by atoms with Crippen LogP contribution in [0.4, 0.5) is 0 Å². The molecule has 0 bridgehead atoms. The molecule has 29 heavy (non-hydrogen) atoms. The summed E-state index contributed by atoms with van der Waals surface area (Å²) in [4.78, 5) is 0. The Hall–Kier alpha value is -1.84. The standard InChI is InChI=1S/C26H35NO2/c1-2-17-27-18-16-25-13-6-7-14-26(25,28)15-12-22-10-11-23(19-24(22)25)29-20-21-8-4-3-5-9-21/h3-5,8-11,19,27-28H,2,6-7,12-18,20H2,1H3/t25-,26+/m0/s1. The molecule has 1 saturated carbocycles. The molecule has 0 spiro atoms. The first kappa shape index (κ1) is 20.4. The Kier molecular flexibility index (Phi) is 6.26. The molecule has 2 aromatic rings. The molecule has 3 heteroatoms. The van der Waals surface area contributed by atoms with E-state index in [1.165, 1.54) is 23.1 Å². The van der Waals surface area contributed by atoms with Crippen molar-refractivity contribution in [1.29, 1.82) is 0 Å². The highest BCUT2D eigenvalue weighted by atomic mass is 16.5. The van der Waals surface area contributed by atoms with E-state index in [1.54, 1.807) is 0 Å². The fourth-order valence-corrected chi connectivity index (χ4v) is 5.55. The van der Waals surface area contributed by atoms with Gasteiger partial charge in [-0.2, -0.15) is 0 Å². The van der Waals surface area contributed by atoms with E-state index >= 15 is 0 Å².